The molecular formula is C27H20IN3O9. The second-order valence-corrected chi connectivity index (χ2v) is 9.63. The van der Waals surface area contributed by atoms with Crippen LogP contribution in [0.25, 0.3) is 6.08 Å². The lowest BCUT2D eigenvalue weighted by Gasteiger charge is -2.26. The van der Waals surface area contributed by atoms with Crippen molar-refractivity contribution in [2.45, 2.75) is 13.5 Å². The van der Waals surface area contributed by atoms with E-state index in [4.69, 9.17) is 18.9 Å². The summed E-state index contributed by atoms with van der Waals surface area (Å²) < 4.78 is 23.0. The van der Waals surface area contributed by atoms with Gasteiger partial charge in [-0.2, -0.15) is 0 Å². The maximum Gasteiger partial charge on any atom is 0.335 e. The van der Waals surface area contributed by atoms with Gasteiger partial charge in [0.15, 0.2) is 23.0 Å². The summed E-state index contributed by atoms with van der Waals surface area (Å²) in [6.07, 6.45) is 1.37. The first-order valence-electron chi connectivity index (χ1n) is 11.9. The van der Waals surface area contributed by atoms with Crippen LogP contribution < -0.4 is 29.2 Å². The molecule has 12 nitrogen and oxygen atoms in total. The second-order valence-electron chi connectivity index (χ2n) is 8.47. The van der Waals surface area contributed by atoms with Crippen LogP contribution in [0.3, 0.4) is 0 Å². The van der Waals surface area contributed by atoms with Crippen molar-refractivity contribution < 1.29 is 38.3 Å². The van der Waals surface area contributed by atoms with E-state index >= 15 is 0 Å². The van der Waals surface area contributed by atoms with Crippen LogP contribution in [0.1, 0.15) is 18.1 Å². The average molecular weight is 657 g/mol. The summed E-state index contributed by atoms with van der Waals surface area (Å²) in [4.78, 5) is 49.9. The molecule has 0 saturated carbocycles. The third-order valence-corrected chi connectivity index (χ3v) is 6.69. The zero-order valence-corrected chi connectivity index (χ0v) is 23.0. The molecule has 0 radical (unpaired) electrons. The van der Waals surface area contributed by atoms with Crippen molar-refractivity contribution in [3.05, 3.63) is 85.0 Å². The molecule has 2 aliphatic heterocycles. The molecule has 0 atom stereocenters. The lowest BCUT2D eigenvalue weighted by Crippen LogP contribution is -2.54. The molecule has 1 N–H and O–H groups in total. The molecule has 5 rings (SSSR count). The molecule has 0 aromatic heterocycles. The lowest BCUT2D eigenvalue weighted by atomic mass is 10.1. The van der Waals surface area contributed by atoms with E-state index in [0.29, 0.717) is 44.3 Å². The minimum absolute atomic E-state index is 0.0224. The molecule has 0 unspecified atom stereocenters. The number of nitro groups is 1. The Labute approximate surface area is 240 Å². The summed E-state index contributed by atoms with van der Waals surface area (Å²) in [6, 6.07) is 13.0. The highest BCUT2D eigenvalue weighted by Crippen LogP contribution is 2.38. The first-order chi connectivity index (χ1) is 19.2. The number of barbiturate groups is 1. The number of nitrogens with zero attached hydrogens (tertiary/aromatic N) is 2. The smallest absolute Gasteiger partial charge is 0.335 e. The minimum atomic E-state index is -0.884. The van der Waals surface area contributed by atoms with Gasteiger partial charge >= 0.3 is 6.03 Å². The summed E-state index contributed by atoms with van der Waals surface area (Å²) in [5.41, 5.74) is 1.12. The van der Waals surface area contributed by atoms with E-state index in [-0.39, 0.29) is 30.3 Å². The zero-order chi connectivity index (χ0) is 28.4. The maximum atomic E-state index is 13.3. The predicted octanol–water partition coefficient (Wildman–Crippen LogP) is 4.57. The number of nitrogens with one attached hydrogen (secondary N) is 1. The Balaban J connectivity index is 1.42. The van der Waals surface area contributed by atoms with Crippen molar-refractivity contribution >= 4 is 57.9 Å². The summed E-state index contributed by atoms with van der Waals surface area (Å²) in [5, 5.41) is 13.1. The van der Waals surface area contributed by atoms with Crippen LogP contribution >= 0.6 is 22.6 Å². The number of benzene rings is 3. The van der Waals surface area contributed by atoms with E-state index in [9.17, 15) is 24.5 Å². The number of hydrogen-bond donors (Lipinski definition) is 1. The number of nitro benzene ring substituents is 1. The monoisotopic (exact) mass is 657 g/mol. The third kappa shape index (κ3) is 5.40. The Morgan fingerprint density at radius 3 is 2.52 bits per heavy atom. The van der Waals surface area contributed by atoms with Crippen LogP contribution in [0.2, 0.25) is 0 Å². The number of urea groups is 1. The van der Waals surface area contributed by atoms with Crippen LogP contribution in [0.15, 0.2) is 60.2 Å². The van der Waals surface area contributed by atoms with Crippen LogP contribution in [0.4, 0.5) is 16.2 Å². The van der Waals surface area contributed by atoms with Gasteiger partial charge in [0.25, 0.3) is 17.5 Å². The molecule has 1 fully saturated rings. The molecule has 3 aromatic rings. The van der Waals surface area contributed by atoms with Gasteiger partial charge in [-0.05, 0) is 83.1 Å². The summed E-state index contributed by atoms with van der Waals surface area (Å²) in [6.45, 7) is 2.26. The van der Waals surface area contributed by atoms with Crippen LogP contribution in [-0.4, -0.2) is 36.2 Å². The highest BCUT2D eigenvalue weighted by atomic mass is 127. The Kier molecular flexibility index (Phi) is 7.55. The van der Waals surface area contributed by atoms with E-state index in [1.54, 1.807) is 37.3 Å². The first-order valence-corrected chi connectivity index (χ1v) is 13.0. The van der Waals surface area contributed by atoms with Crippen LogP contribution in [0.5, 0.6) is 23.0 Å². The number of rotatable bonds is 8. The Morgan fingerprint density at radius 2 is 1.80 bits per heavy atom. The second kappa shape index (κ2) is 11.2. The third-order valence-electron chi connectivity index (χ3n) is 5.89. The Morgan fingerprint density at radius 1 is 1.05 bits per heavy atom. The van der Waals surface area contributed by atoms with E-state index in [1.807, 2.05) is 22.6 Å². The summed E-state index contributed by atoms with van der Waals surface area (Å²) in [5.74, 6) is 0.0164. The van der Waals surface area contributed by atoms with Crippen molar-refractivity contribution in [2.24, 2.45) is 0 Å². The zero-order valence-electron chi connectivity index (χ0n) is 20.8. The highest BCUT2D eigenvalue weighted by Gasteiger charge is 2.37. The Hall–Kier alpha value is -4.66. The molecule has 0 bridgehead atoms. The van der Waals surface area contributed by atoms with E-state index in [2.05, 4.69) is 5.32 Å². The average Bonchev–Trinajstić information content (AvgIpc) is 3.39. The van der Waals surface area contributed by atoms with Crippen LogP contribution in [-0.2, 0) is 16.2 Å². The van der Waals surface area contributed by atoms with E-state index < -0.39 is 22.8 Å². The normalized spacial score (nSPS) is 15.3. The lowest BCUT2D eigenvalue weighted by molar-refractivity contribution is -0.384. The number of halogens is 1. The van der Waals surface area contributed by atoms with Crippen LogP contribution in [0, 0.1) is 13.7 Å². The van der Waals surface area contributed by atoms with Gasteiger partial charge in [-0.15, -0.1) is 0 Å². The fraction of sp³-hybridized carbons (Fsp3) is 0.148. The van der Waals surface area contributed by atoms with Gasteiger partial charge in [-0.1, -0.05) is 0 Å². The molecule has 204 valence electrons. The van der Waals surface area contributed by atoms with E-state index in [1.165, 1.54) is 30.3 Å². The molecule has 2 aliphatic rings. The number of carbonyl (C=O) groups is 3. The van der Waals surface area contributed by atoms with Gasteiger partial charge in [-0.3, -0.25) is 25.0 Å². The van der Waals surface area contributed by atoms with Crippen molar-refractivity contribution in [1.29, 1.82) is 0 Å². The largest absolute Gasteiger partial charge is 0.490 e. The number of fused-ring (bicyclic) bond motifs is 1. The quantitative estimate of drug-likeness (QED) is 0.121. The molecule has 13 heteroatoms. The molecule has 40 heavy (non-hydrogen) atoms. The van der Waals surface area contributed by atoms with Crippen molar-refractivity contribution in [3.63, 3.8) is 0 Å². The topological polar surface area (TPSA) is 147 Å². The number of anilines is 1. The predicted molar refractivity (Wildman–Crippen MR) is 149 cm³/mol. The highest BCUT2D eigenvalue weighted by molar-refractivity contribution is 14.1. The molecule has 1 saturated heterocycles. The molecule has 3 aromatic carbocycles. The summed E-state index contributed by atoms with van der Waals surface area (Å²) >= 11 is 2.05. The van der Waals surface area contributed by atoms with Gasteiger partial charge in [0.05, 0.1) is 20.8 Å². The van der Waals surface area contributed by atoms with E-state index in [0.717, 1.165) is 4.90 Å². The standard InChI is InChI=1S/C27H20IN3O9/c1-2-37-23-11-16(10-20(28)24(23)38-13-15-3-5-17(6-4-15)31(35)36)9-19-25(32)29-27(34)30(26(19)33)18-7-8-21-22(12-18)40-14-39-21/h3-12H,2,13-14H2,1H3,(H,29,32,34)/b19-9+. The molecule has 0 spiro atoms. The fourth-order valence-electron chi connectivity index (χ4n) is 4.03. The van der Waals surface area contributed by atoms with Gasteiger partial charge in [0.1, 0.15) is 12.2 Å². The number of non-ortho nitro benzene ring substituents is 1. The molecular weight excluding hydrogens is 637 g/mol. The van der Waals surface area contributed by atoms with Crippen molar-refractivity contribution in [1.82, 2.24) is 5.32 Å². The number of ether oxygens (including phenoxy) is 4. The SMILES string of the molecule is CCOc1cc(/C=C2\C(=O)NC(=O)N(c3ccc4c(c3)OCO4)C2=O)cc(I)c1OCc1ccc([N+](=O)[O-])cc1. The van der Waals surface area contributed by atoms with Gasteiger partial charge in [-0.25, -0.2) is 9.69 Å². The van der Waals surface area contributed by atoms with Gasteiger partial charge < -0.3 is 18.9 Å². The first kappa shape index (κ1) is 26.9. The van der Waals surface area contributed by atoms with Gasteiger partial charge in [0, 0.05) is 18.2 Å². The summed E-state index contributed by atoms with van der Waals surface area (Å²) in [7, 11) is 0. The fourth-order valence-corrected chi connectivity index (χ4v) is 4.81. The maximum absolute atomic E-state index is 13.3. The van der Waals surface area contributed by atoms with Gasteiger partial charge in [0.2, 0.25) is 6.79 Å². The number of imide groups is 2. The number of hydrogen-bond acceptors (Lipinski definition) is 9. The van der Waals surface area contributed by atoms with Crippen molar-refractivity contribution in [3.8, 4) is 23.0 Å². The molecule has 2 heterocycles. The van der Waals surface area contributed by atoms with Crippen molar-refractivity contribution in [2.75, 3.05) is 18.3 Å². The molecule has 0 aliphatic carbocycles. The Bertz CT molecular complexity index is 1570. The number of amides is 4. The minimum Gasteiger partial charge on any atom is -0.490 e. The molecule has 4 amide bonds. The number of carbonyl (C=O) groups excluding carboxylic acids is 3.